The molecule has 0 bridgehead atoms. The summed E-state index contributed by atoms with van der Waals surface area (Å²) in [5.74, 6) is 0.661. The van der Waals surface area contributed by atoms with Gasteiger partial charge in [-0.1, -0.05) is 13.3 Å². The molecule has 0 amide bonds. The van der Waals surface area contributed by atoms with Gasteiger partial charge in [-0.3, -0.25) is 4.90 Å². The first-order chi connectivity index (χ1) is 10.3. The first kappa shape index (κ1) is 15.7. The Kier molecular flexibility index (Phi) is 5.20. The maximum absolute atomic E-state index is 5.99. The summed E-state index contributed by atoms with van der Waals surface area (Å²) >= 11 is 0. The molecule has 0 aromatic heterocycles. The Labute approximate surface area is 129 Å². The summed E-state index contributed by atoms with van der Waals surface area (Å²) in [6.07, 6.45) is 8.69. The van der Waals surface area contributed by atoms with Crippen LogP contribution in [0.2, 0.25) is 0 Å². The van der Waals surface area contributed by atoms with Gasteiger partial charge in [0.05, 0.1) is 13.2 Å². The monoisotopic (exact) mass is 296 g/mol. The van der Waals surface area contributed by atoms with E-state index in [1.807, 2.05) is 0 Å². The van der Waals surface area contributed by atoms with Gasteiger partial charge in [-0.15, -0.1) is 0 Å². The molecule has 4 nitrogen and oxygen atoms in total. The Balaban J connectivity index is 1.67. The zero-order valence-corrected chi connectivity index (χ0v) is 13.8. The van der Waals surface area contributed by atoms with Crippen molar-refractivity contribution in [2.24, 2.45) is 5.92 Å². The fourth-order valence-corrected chi connectivity index (χ4v) is 4.54. The van der Waals surface area contributed by atoms with Crippen LogP contribution in [0.4, 0.5) is 0 Å². The second kappa shape index (κ2) is 6.95. The largest absolute Gasteiger partial charge is 0.347 e. The molecule has 0 aromatic rings. The second-order valence-corrected chi connectivity index (χ2v) is 7.05. The molecular weight excluding hydrogens is 264 g/mol. The second-order valence-electron chi connectivity index (χ2n) is 7.05. The van der Waals surface area contributed by atoms with Crippen molar-refractivity contribution in [2.45, 2.75) is 69.7 Å². The molecule has 1 saturated carbocycles. The van der Waals surface area contributed by atoms with Crippen LogP contribution >= 0.6 is 0 Å². The lowest BCUT2D eigenvalue weighted by Gasteiger charge is -2.45. The van der Waals surface area contributed by atoms with Gasteiger partial charge >= 0.3 is 0 Å². The zero-order chi connectivity index (χ0) is 14.7. The first-order valence-corrected chi connectivity index (χ1v) is 8.95. The summed E-state index contributed by atoms with van der Waals surface area (Å²) in [6, 6.07) is 1.15. The molecule has 2 saturated heterocycles. The molecule has 1 N–H and O–H groups in total. The van der Waals surface area contributed by atoms with E-state index >= 15 is 0 Å². The van der Waals surface area contributed by atoms with E-state index < -0.39 is 0 Å². The molecule has 3 rings (SSSR count). The van der Waals surface area contributed by atoms with Crippen molar-refractivity contribution < 1.29 is 9.47 Å². The molecule has 1 aliphatic carbocycles. The number of hydrogen-bond donors (Lipinski definition) is 1. The molecule has 3 aliphatic rings. The minimum absolute atomic E-state index is 0.269. The highest BCUT2D eigenvalue weighted by Crippen LogP contribution is 2.38. The standard InChI is InChI=1S/C17H32N2O2/c1-3-14-5-4-9-19(10-7-14)16-13-17(20-11-12-21-17)8-6-15(16)18-2/h14-16,18H,3-13H2,1-2H3. The Morgan fingerprint density at radius 2 is 1.95 bits per heavy atom. The van der Waals surface area contributed by atoms with Gasteiger partial charge in [-0.25, -0.2) is 0 Å². The highest BCUT2D eigenvalue weighted by molar-refractivity contribution is 4.96. The third-order valence-electron chi connectivity index (χ3n) is 5.93. The predicted molar refractivity (Wildman–Crippen MR) is 84.3 cm³/mol. The van der Waals surface area contributed by atoms with E-state index in [0.29, 0.717) is 12.1 Å². The van der Waals surface area contributed by atoms with Crippen LogP contribution < -0.4 is 5.32 Å². The van der Waals surface area contributed by atoms with Crippen molar-refractivity contribution in [3.63, 3.8) is 0 Å². The highest BCUT2D eigenvalue weighted by atomic mass is 16.7. The number of nitrogens with zero attached hydrogens (tertiary/aromatic N) is 1. The molecule has 3 fully saturated rings. The van der Waals surface area contributed by atoms with Crippen LogP contribution in [0.5, 0.6) is 0 Å². The van der Waals surface area contributed by atoms with Crippen molar-refractivity contribution in [1.29, 1.82) is 0 Å². The molecule has 0 aromatic carbocycles. The van der Waals surface area contributed by atoms with Crippen LogP contribution in [0.1, 0.15) is 51.9 Å². The fraction of sp³-hybridized carbons (Fsp3) is 1.00. The molecule has 3 unspecified atom stereocenters. The number of rotatable bonds is 3. The minimum atomic E-state index is -0.269. The van der Waals surface area contributed by atoms with Crippen LogP contribution in [-0.2, 0) is 9.47 Å². The Bertz CT molecular complexity index is 331. The molecular formula is C17H32N2O2. The maximum atomic E-state index is 5.99. The smallest absolute Gasteiger partial charge is 0.170 e. The summed E-state index contributed by atoms with van der Waals surface area (Å²) < 4.78 is 12.0. The number of nitrogens with one attached hydrogen (secondary N) is 1. The number of ether oxygens (including phenoxy) is 2. The van der Waals surface area contributed by atoms with Gasteiger partial charge in [0.15, 0.2) is 5.79 Å². The highest BCUT2D eigenvalue weighted by Gasteiger charge is 2.46. The van der Waals surface area contributed by atoms with Crippen LogP contribution in [0.15, 0.2) is 0 Å². The molecule has 1 spiro atoms. The van der Waals surface area contributed by atoms with Gasteiger partial charge in [0.25, 0.3) is 0 Å². The van der Waals surface area contributed by atoms with Crippen molar-refractivity contribution in [3.8, 4) is 0 Å². The van der Waals surface area contributed by atoms with E-state index in [2.05, 4.69) is 24.2 Å². The summed E-state index contributed by atoms with van der Waals surface area (Å²) in [7, 11) is 2.11. The van der Waals surface area contributed by atoms with Crippen LogP contribution in [0.25, 0.3) is 0 Å². The van der Waals surface area contributed by atoms with Crippen molar-refractivity contribution >= 4 is 0 Å². The van der Waals surface area contributed by atoms with Crippen LogP contribution in [0.3, 0.4) is 0 Å². The molecule has 3 atom stereocenters. The number of likely N-dealkylation sites (tertiary alicyclic amines) is 1. The average Bonchev–Trinajstić information content (AvgIpc) is 2.83. The predicted octanol–water partition coefficient (Wildman–Crippen LogP) is 2.38. The van der Waals surface area contributed by atoms with Crippen LogP contribution in [-0.4, -0.2) is 56.1 Å². The van der Waals surface area contributed by atoms with Gasteiger partial charge in [0, 0.05) is 24.9 Å². The van der Waals surface area contributed by atoms with E-state index in [0.717, 1.165) is 38.4 Å². The van der Waals surface area contributed by atoms with Gasteiger partial charge in [-0.05, 0) is 51.7 Å². The van der Waals surface area contributed by atoms with E-state index in [4.69, 9.17) is 9.47 Å². The van der Waals surface area contributed by atoms with E-state index in [1.54, 1.807) is 0 Å². The minimum Gasteiger partial charge on any atom is -0.347 e. The molecule has 0 radical (unpaired) electrons. The Hall–Kier alpha value is -0.160. The topological polar surface area (TPSA) is 33.7 Å². The molecule has 122 valence electrons. The zero-order valence-electron chi connectivity index (χ0n) is 13.8. The average molecular weight is 296 g/mol. The quantitative estimate of drug-likeness (QED) is 0.867. The van der Waals surface area contributed by atoms with E-state index in [-0.39, 0.29) is 5.79 Å². The van der Waals surface area contributed by atoms with Gasteiger partial charge < -0.3 is 14.8 Å². The number of likely N-dealkylation sites (N-methyl/N-ethyl adjacent to an activating group) is 1. The summed E-state index contributed by atoms with van der Waals surface area (Å²) in [6.45, 7) is 6.38. The summed E-state index contributed by atoms with van der Waals surface area (Å²) in [4.78, 5) is 2.72. The number of hydrogen-bond acceptors (Lipinski definition) is 4. The summed E-state index contributed by atoms with van der Waals surface area (Å²) in [5.41, 5.74) is 0. The normalized spacial score (nSPS) is 37.7. The van der Waals surface area contributed by atoms with Crippen molar-refractivity contribution in [1.82, 2.24) is 10.2 Å². The SMILES string of the molecule is CCC1CCCN(C2CC3(CCC2NC)OCCO3)CC1. The van der Waals surface area contributed by atoms with Gasteiger partial charge in [0.1, 0.15) is 0 Å². The fourth-order valence-electron chi connectivity index (χ4n) is 4.54. The van der Waals surface area contributed by atoms with Crippen molar-refractivity contribution in [3.05, 3.63) is 0 Å². The van der Waals surface area contributed by atoms with Gasteiger partial charge in [-0.2, -0.15) is 0 Å². The summed E-state index contributed by atoms with van der Waals surface area (Å²) in [5, 5.41) is 3.55. The lowest BCUT2D eigenvalue weighted by atomic mass is 9.84. The van der Waals surface area contributed by atoms with E-state index in [9.17, 15) is 0 Å². The lowest BCUT2D eigenvalue weighted by Crippen LogP contribution is -2.57. The Morgan fingerprint density at radius 1 is 1.14 bits per heavy atom. The van der Waals surface area contributed by atoms with E-state index in [1.165, 1.54) is 38.8 Å². The molecule has 2 aliphatic heterocycles. The Morgan fingerprint density at radius 3 is 2.67 bits per heavy atom. The lowest BCUT2D eigenvalue weighted by molar-refractivity contribution is -0.193. The molecule has 21 heavy (non-hydrogen) atoms. The molecule has 2 heterocycles. The van der Waals surface area contributed by atoms with Crippen molar-refractivity contribution in [2.75, 3.05) is 33.4 Å². The maximum Gasteiger partial charge on any atom is 0.170 e. The van der Waals surface area contributed by atoms with Crippen LogP contribution in [0, 0.1) is 5.92 Å². The van der Waals surface area contributed by atoms with Gasteiger partial charge in [0.2, 0.25) is 0 Å². The third kappa shape index (κ3) is 3.44. The third-order valence-corrected chi connectivity index (χ3v) is 5.93. The first-order valence-electron chi connectivity index (χ1n) is 8.95. The molecule has 4 heteroatoms.